The van der Waals surface area contributed by atoms with Crippen molar-refractivity contribution in [3.63, 3.8) is 0 Å². The topological polar surface area (TPSA) is 169 Å². The fourth-order valence-electron chi connectivity index (χ4n) is 5.42. The van der Waals surface area contributed by atoms with Crippen molar-refractivity contribution < 1.29 is 23.9 Å². The molecule has 0 saturated carbocycles. The highest BCUT2D eigenvalue weighted by molar-refractivity contribution is 6.32. The second-order valence-electron chi connectivity index (χ2n) is 10.0. The first kappa shape index (κ1) is 31.6. The van der Waals surface area contributed by atoms with Gasteiger partial charge in [0.05, 0.1) is 24.4 Å². The first-order valence-electron chi connectivity index (χ1n) is 14.3. The normalized spacial score (nSPS) is 15.9. The number of H-pyrrole nitrogens is 1. The van der Waals surface area contributed by atoms with Gasteiger partial charge in [-0.3, -0.25) is 14.5 Å². The number of nitrogens with zero attached hydrogens (tertiary/aromatic N) is 6. The molecule has 0 aliphatic carbocycles. The lowest BCUT2D eigenvalue weighted by atomic mass is 10.0. The van der Waals surface area contributed by atoms with Gasteiger partial charge in [-0.1, -0.05) is 11.6 Å². The third-order valence-corrected chi connectivity index (χ3v) is 7.73. The smallest absolute Gasteiger partial charge is 0.409 e. The molecule has 3 aromatic rings. The number of imidazole rings is 1. The number of halogens is 1. The molecule has 3 aromatic heterocycles. The highest BCUT2D eigenvalue weighted by Gasteiger charge is 2.31. The van der Waals surface area contributed by atoms with E-state index in [1.807, 2.05) is 12.1 Å². The second kappa shape index (κ2) is 14.7. The number of pyridine rings is 2. The Kier molecular flexibility index (Phi) is 10.8. The number of piperidine rings is 2. The van der Waals surface area contributed by atoms with Crippen molar-refractivity contribution in [1.82, 2.24) is 29.3 Å². The SMILES string of the molecule is CCOC(=O)N1CCC(N(C(N)=O)c2cccnc2Cl)CC1.CCOC(=O)N1CCC(n2c(=O)[nH]c3ncccc32)CC1. The summed E-state index contributed by atoms with van der Waals surface area (Å²) in [4.78, 5) is 63.0. The van der Waals surface area contributed by atoms with Crippen LogP contribution < -0.4 is 16.3 Å². The van der Waals surface area contributed by atoms with E-state index in [9.17, 15) is 19.2 Å². The van der Waals surface area contributed by atoms with Gasteiger partial charge in [0.1, 0.15) is 0 Å². The number of urea groups is 1. The van der Waals surface area contributed by atoms with E-state index in [0.717, 1.165) is 18.4 Å². The quantitative estimate of drug-likeness (QED) is 0.408. The van der Waals surface area contributed by atoms with Gasteiger partial charge in [-0.15, -0.1) is 0 Å². The Hall–Kier alpha value is -4.33. The minimum Gasteiger partial charge on any atom is -0.450 e. The molecule has 2 aliphatic rings. The van der Waals surface area contributed by atoms with Gasteiger partial charge in [0.2, 0.25) is 0 Å². The molecule has 0 spiro atoms. The fraction of sp³-hybridized carbons (Fsp3) is 0.500. The Morgan fingerprint density at radius 1 is 0.953 bits per heavy atom. The standard InChI is InChI=1S/C14H19ClN4O3.C14H18N4O3/c1-2-22-14(21)18-8-5-10(6-9-18)19(13(16)20)11-4-3-7-17-12(11)15;1-2-21-14(20)17-8-5-10(6-9-17)18-11-4-3-7-15-12(11)16-13(18)19/h3-4,7,10H,2,5-6,8-9H2,1H3,(H2,16,20);3-4,7,10H,2,5-6,8-9H2,1H3,(H,15,16,19). The molecule has 14 nitrogen and oxygen atoms in total. The molecule has 0 radical (unpaired) electrons. The Balaban J connectivity index is 0.000000197. The number of primary amides is 1. The number of aromatic amines is 1. The molecule has 2 fully saturated rings. The van der Waals surface area contributed by atoms with Crippen LogP contribution in [0.5, 0.6) is 0 Å². The van der Waals surface area contributed by atoms with Crippen LogP contribution in [0, 0.1) is 0 Å². The Morgan fingerprint density at radius 3 is 2.07 bits per heavy atom. The summed E-state index contributed by atoms with van der Waals surface area (Å²) in [6.45, 7) is 6.50. The van der Waals surface area contributed by atoms with Crippen LogP contribution in [-0.2, 0) is 9.47 Å². The predicted molar refractivity (Wildman–Crippen MR) is 160 cm³/mol. The van der Waals surface area contributed by atoms with Gasteiger partial charge in [-0.05, 0) is 63.8 Å². The van der Waals surface area contributed by atoms with Crippen LogP contribution in [0.15, 0.2) is 41.5 Å². The number of aromatic nitrogens is 4. The average Bonchev–Trinajstić information content (AvgIpc) is 3.34. The van der Waals surface area contributed by atoms with Gasteiger partial charge < -0.3 is 25.0 Å². The summed E-state index contributed by atoms with van der Waals surface area (Å²) in [5.41, 5.74) is 7.28. The van der Waals surface area contributed by atoms with E-state index in [-0.39, 0.29) is 35.1 Å². The van der Waals surface area contributed by atoms with Crippen LogP contribution in [0.2, 0.25) is 5.15 Å². The highest BCUT2D eigenvalue weighted by atomic mass is 35.5. The largest absolute Gasteiger partial charge is 0.450 e. The lowest BCUT2D eigenvalue weighted by Crippen LogP contribution is -2.50. The number of rotatable bonds is 5. The van der Waals surface area contributed by atoms with Gasteiger partial charge in [0.15, 0.2) is 10.8 Å². The number of hydrogen-bond acceptors (Lipinski definition) is 8. The van der Waals surface area contributed by atoms with E-state index in [1.165, 1.54) is 4.90 Å². The van der Waals surface area contributed by atoms with Gasteiger partial charge in [-0.25, -0.2) is 29.1 Å². The molecule has 232 valence electrons. The molecular weight excluding hydrogens is 580 g/mol. The number of nitrogens with one attached hydrogen (secondary N) is 1. The zero-order valence-electron chi connectivity index (χ0n) is 24.3. The van der Waals surface area contributed by atoms with Crippen LogP contribution in [0.4, 0.5) is 20.1 Å². The van der Waals surface area contributed by atoms with Crippen LogP contribution in [0.3, 0.4) is 0 Å². The van der Waals surface area contributed by atoms with Crippen LogP contribution >= 0.6 is 11.6 Å². The summed E-state index contributed by atoms with van der Waals surface area (Å²) in [5.74, 6) is 0. The number of ether oxygens (including phenoxy) is 2. The summed E-state index contributed by atoms with van der Waals surface area (Å²) in [5, 5.41) is 0.231. The van der Waals surface area contributed by atoms with Crippen molar-refractivity contribution in [2.75, 3.05) is 44.3 Å². The summed E-state index contributed by atoms with van der Waals surface area (Å²) >= 11 is 6.06. The van der Waals surface area contributed by atoms with Crippen molar-refractivity contribution in [2.45, 2.75) is 51.6 Å². The second-order valence-corrected chi connectivity index (χ2v) is 10.4. The Morgan fingerprint density at radius 2 is 1.51 bits per heavy atom. The van der Waals surface area contributed by atoms with Gasteiger partial charge >= 0.3 is 23.9 Å². The first-order chi connectivity index (χ1) is 20.7. The molecule has 0 atom stereocenters. The maximum Gasteiger partial charge on any atom is 0.409 e. The Labute approximate surface area is 253 Å². The van der Waals surface area contributed by atoms with Crippen molar-refractivity contribution in [3.05, 3.63) is 52.3 Å². The van der Waals surface area contributed by atoms with Crippen molar-refractivity contribution in [3.8, 4) is 0 Å². The summed E-state index contributed by atoms with van der Waals surface area (Å²) < 4.78 is 11.7. The molecule has 3 N–H and O–H groups in total. The van der Waals surface area contributed by atoms with Crippen LogP contribution in [-0.4, -0.2) is 93.0 Å². The van der Waals surface area contributed by atoms with Crippen molar-refractivity contribution >= 4 is 46.7 Å². The lowest BCUT2D eigenvalue weighted by molar-refractivity contribution is 0.0926. The minimum atomic E-state index is -0.579. The number of amides is 4. The zero-order chi connectivity index (χ0) is 30.9. The molecular formula is C28H37ClN8O6. The molecule has 0 unspecified atom stereocenters. The molecule has 0 aromatic carbocycles. The molecule has 5 heterocycles. The van der Waals surface area contributed by atoms with Crippen molar-refractivity contribution in [1.29, 1.82) is 0 Å². The number of carbonyl (C=O) groups excluding carboxylic acids is 3. The predicted octanol–water partition coefficient (Wildman–Crippen LogP) is 3.76. The van der Waals surface area contributed by atoms with Gasteiger partial charge in [0.25, 0.3) is 0 Å². The maximum absolute atomic E-state index is 12.1. The third kappa shape index (κ3) is 7.55. The van der Waals surface area contributed by atoms with Crippen LogP contribution in [0.1, 0.15) is 45.6 Å². The van der Waals surface area contributed by atoms with Crippen molar-refractivity contribution in [2.24, 2.45) is 5.73 Å². The summed E-state index contributed by atoms with van der Waals surface area (Å²) in [7, 11) is 0. The van der Waals surface area contributed by atoms with E-state index >= 15 is 0 Å². The van der Waals surface area contributed by atoms with Gasteiger partial charge in [0, 0.05) is 50.7 Å². The molecule has 2 aliphatic heterocycles. The third-order valence-electron chi connectivity index (χ3n) is 7.44. The average molecular weight is 617 g/mol. The number of anilines is 1. The highest BCUT2D eigenvalue weighted by Crippen LogP contribution is 2.29. The van der Waals surface area contributed by atoms with Crippen LogP contribution in [0.25, 0.3) is 11.2 Å². The number of carbonyl (C=O) groups is 3. The molecule has 43 heavy (non-hydrogen) atoms. The minimum absolute atomic E-state index is 0.0844. The molecule has 4 amide bonds. The van der Waals surface area contributed by atoms with E-state index in [2.05, 4.69) is 15.0 Å². The number of hydrogen-bond donors (Lipinski definition) is 2. The van der Waals surface area contributed by atoms with E-state index in [4.69, 9.17) is 26.8 Å². The van der Waals surface area contributed by atoms with E-state index in [0.29, 0.717) is 63.6 Å². The number of likely N-dealkylation sites (tertiary alicyclic amines) is 2. The number of fused-ring (bicyclic) bond motifs is 1. The summed E-state index contributed by atoms with van der Waals surface area (Å²) in [6, 6.07) is 6.50. The monoisotopic (exact) mass is 616 g/mol. The molecule has 0 bridgehead atoms. The number of nitrogens with two attached hydrogens (primary N) is 1. The van der Waals surface area contributed by atoms with E-state index < -0.39 is 6.03 Å². The lowest BCUT2D eigenvalue weighted by Gasteiger charge is -2.37. The Bertz CT molecular complexity index is 1460. The molecule has 15 heteroatoms. The maximum atomic E-state index is 12.1. The first-order valence-corrected chi connectivity index (χ1v) is 14.7. The molecule has 5 rings (SSSR count). The zero-order valence-corrected chi connectivity index (χ0v) is 25.0. The van der Waals surface area contributed by atoms with Gasteiger partial charge in [-0.2, -0.15) is 0 Å². The summed E-state index contributed by atoms with van der Waals surface area (Å²) in [6.07, 6.45) is 5.29. The molecule has 2 saturated heterocycles. The van der Waals surface area contributed by atoms with E-state index in [1.54, 1.807) is 52.7 Å². The fourth-order valence-corrected chi connectivity index (χ4v) is 5.63.